The van der Waals surface area contributed by atoms with Crippen molar-refractivity contribution >= 4 is 27.0 Å². The zero-order valence-electron chi connectivity index (χ0n) is 11.9. The molecule has 0 saturated carbocycles. The van der Waals surface area contributed by atoms with Crippen LogP contribution < -0.4 is 4.72 Å². The van der Waals surface area contributed by atoms with Gasteiger partial charge in [0.2, 0.25) is 0 Å². The van der Waals surface area contributed by atoms with Crippen molar-refractivity contribution in [2.24, 2.45) is 0 Å². The number of nitrogens with one attached hydrogen (secondary N) is 1. The summed E-state index contributed by atoms with van der Waals surface area (Å²) < 4.78 is 103. The van der Waals surface area contributed by atoms with Gasteiger partial charge in [-0.2, -0.15) is 26.3 Å². The summed E-state index contributed by atoms with van der Waals surface area (Å²) in [6.45, 7) is 0. The van der Waals surface area contributed by atoms with Crippen LogP contribution in [-0.2, 0) is 15.6 Å². The van der Waals surface area contributed by atoms with Crippen molar-refractivity contribution in [2.45, 2.75) is 22.2 Å². The van der Waals surface area contributed by atoms with E-state index >= 15 is 0 Å². The number of thiophene rings is 1. The summed E-state index contributed by atoms with van der Waals surface area (Å²) in [4.78, 5) is 0. The van der Waals surface area contributed by atoms with Crippen molar-refractivity contribution in [1.82, 2.24) is 0 Å². The van der Waals surface area contributed by atoms with Crippen LogP contribution in [0.5, 0.6) is 0 Å². The minimum atomic E-state index is -6.06. The van der Waals surface area contributed by atoms with Gasteiger partial charge in [0.05, 0.1) is 0 Å². The number of aliphatic hydroxyl groups is 1. The largest absolute Gasteiger partial charge is 0.430 e. The molecule has 0 aliphatic carbocycles. The van der Waals surface area contributed by atoms with Gasteiger partial charge < -0.3 is 5.11 Å². The molecule has 2 N–H and O–H groups in total. The highest BCUT2D eigenvalue weighted by atomic mass is 32.2. The highest BCUT2D eigenvalue weighted by molar-refractivity contribution is 7.94. The molecule has 0 saturated heterocycles. The molecule has 0 radical (unpaired) electrons. The number of hydrogen-bond acceptors (Lipinski definition) is 4. The molecule has 2 aromatic rings. The Bertz CT molecular complexity index is 829. The van der Waals surface area contributed by atoms with Gasteiger partial charge in [0.25, 0.3) is 15.6 Å². The molecule has 0 atom stereocenters. The van der Waals surface area contributed by atoms with Crippen molar-refractivity contribution in [2.75, 3.05) is 4.72 Å². The van der Waals surface area contributed by atoms with E-state index in [1.54, 1.807) is 0 Å². The van der Waals surface area contributed by atoms with Gasteiger partial charge in [-0.05, 0) is 23.6 Å². The Morgan fingerprint density at radius 1 is 0.960 bits per heavy atom. The third kappa shape index (κ3) is 3.60. The highest BCUT2D eigenvalue weighted by Crippen LogP contribution is 2.50. The Morgan fingerprint density at radius 2 is 1.56 bits per heavy atom. The third-order valence-electron chi connectivity index (χ3n) is 3.11. The number of halogens is 6. The summed E-state index contributed by atoms with van der Waals surface area (Å²) >= 11 is 0.808. The molecule has 0 bridgehead atoms. The van der Waals surface area contributed by atoms with Crippen LogP contribution in [0.15, 0.2) is 46.0 Å². The second-order valence-corrected chi connectivity index (χ2v) is 7.68. The van der Waals surface area contributed by atoms with E-state index in [2.05, 4.69) is 0 Å². The smallest absolute Gasteiger partial charge is 0.369 e. The van der Waals surface area contributed by atoms with Crippen molar-refractivity contribution in [1.29, 1.82) is 0 Å². The molecule has 2 rings (SSSR count). The van der Waals surface area contributed by atoms with Gasteiger partial charge in [-0.15, -0.1) is 11.3 Å². The van der Waals surface area contributed by atoms with Gasteiger partial charge in [-0.25, -0.2) is 8.42 Å². The van der Waals surface area contributed by atoms with E-state index in [4.69, 9.17) is 0 Å². The van der Waals surface area contributed by atoms with E-state index in [1.165, 1.54) is 17.5 Å². The first-order chi connectivity index (χ1) is 11.3. The van der Waals surface area contributed by atoms with Crippen LogP contribution in [0.1, 0.15) is 5.56 Å². The molecule has 0 aliphatic heterocycles. The first-order valence-electron chi connectivity index (χ1n) is 6.32. The zero-order chi connectivity index (χ0) is 19.1. The molecular formula is C13H9F6NO3S2. The quantitative estimate of drug-likeness (QED) is 0.760. The Kier molecular flexibility index (Phi) is 4.83. The summed E-state index contributed by atoms with van der Waals surface area (Å²) in [5, 5.41) is 10.8. The first-order valence-corrected chi connectivity index (χ1v) is 8.68. The van der Waals surface area contributed by atoms with Crippen molar-refractivity contribution in [3.8, 4) is 0 Å². The van der Waals surface area contributed by atoms with Crippen LogP contribution in [0.25, 0.3) is 0 Å². The summed E-state index contributed by atoms with van der Waals surface area (Å²) in [5.74, 6) is 0. The van der Waals surface area contributed by atoms with Crippen molar-refractivity contribution in [3.05, 3.63) is 47.3 Å². The number of rotatable bonds is 4. The van der Waals surface area contributed by atoms with Gasteiger partial charge in [0.15, 0.2) is 0 Å². The van der Waals surface area contributed by atoms with Crippen LogP contribution in [0.3, 0.4) is 0 Å². The maximum atomic E-state index is 12.9. The molecule has 1 aromatic carbocycles. The summed E-state index contributed by atoms with van der Waals surface area (Å²) in [5.41, 5.74) is -7.25. The molecule has 0 spiro atoms. The number of sulfonamides is 1. The molecular weight excluding hydrogens is 396 g/mol. The maximum Gasteiger partial charge on any atom is 0.430 e. The van der Waals surface area contributed by atoms with Crippen molar-refractivity contribution in [3.63, 3.8) is 0 Å². The molecule has 4 nitrogen and oxygen atoms in total. The lowest BCUT2D eigenvalue weighted by Gasteiger charge is -2.32. The Morgan fingerprint density at radius 3 is 2.04 bits per heavy atom. The molecule has 1 aromatic heterocycles. The molecule has 0 unspecified atom stereocenters. The first kappa shape index (κ1) is 19.5. The van der Waals surface area contributed by atoms with Crippen LogP contribution in [0, 0.1) is 0 Å². The van der Waals surface area contributed by atoms with E-state index in [9.17, 15) is 39.9 Å². The second kappa shape index (κ2) is 6.18. The average molecular weight is 405 g/mol. The lowest BCUT2D eigenvalue weighted by Crippen LogP contribution is -2.53. The number of alkyl halides is 6. The maximum absolute atomic E-state index is 12.9. The average Bonchev–Trinajstić information content (AvgIpc) is 2.98. The van der Waals surface area contributed by atoms with Crippen LogP contribution in [0.4, 0.5) is 32.0 Å². The van der Waals surface area contributed by atoms with E-state index in [-0.39, 0.29) is 10.3 Å². The Hall–Kier alpha value is -1.79. The van der Waals surface area contributed by atoms with Crippen molar-refractivity contribution < 1.29 is 39.9 Å². The summed E-state index contributed by atoms with van der Waals surface area (Å²) in [7, 11) is -4.18. The Balaban J connectivity index is 2.48. The molecule has 0 amide bonds. The Labute approximate surface area is 141 Å². The minimum Gasteiger partial charge on any atom is -0.369 e. The van der Waals surface area contributed by atoms with Gasteiger partial charge in [0.1, 0.15) is 4.21 Å². The predicted molar refractivity (Wildman–Crippen MR) is 77.6 cm³/mol. The van der Waals surface area contributed by atoms with Gasteiger partial charge in [-0.3, -0.25) is 4.72 Å². The fourth-order valence-corrected chi connectivity index (χ4v) is 3.96. The van der Waals surface area contributed by atoms with Crippen LogP contribution in [-0.4, -0.2) is 25.9 Å². The number of hydrogen-bond donors (Lipinski definition) is 2. The van der Waals surface area contributed by atoms with E-state index in [0.29, 0.717) is 6.07 Å². The van der Waals surface area contributed by atoms with Crippen LogP contribution >= 0.6 is 11.3 Å². The third-order valence-corrected chi connectivity index (χ3v) is 5.89. The molecule has 1 heterocycles. The van der Waals surface area contributed by atoms with Gasteiger partial charge in [-0.1, -0.05) is 18.2 Å². The fourth-order valence-electron chi connectivity index (χ4n) is 1.92. The van der Waals surface area contributed by atoms with Gasteiger partial charge in [0, 0.05) is 11.3 Å². The molecule has 0 fully saturated rings. The van der Waals surface area contributed by atoms with Crippen LogP contribution in [0.2, 0.25) is 0 Å². The second-order valence-electron chi connectivity index (χ2n) is 4.82. The zero-order valence-corrected chi connectivity index (χ0v) is 13.5. The summed E-state index contributed by atoms with van der Waals surface area (Å²) in [6, 6.07) is 5.03. The standard InChI is InChI=1S/C13H9F6NO3S2/c14-12(15,16)11(21,13(17,18)19)8-3-1-4-9(7-8)20-25(22,23)10-5-2-6-24-10/h1-7,20-21H. The highest BCUT2D eigenvalue weighted by Gasteiger charge is 2.71. The normalized spacial score (nSPS) is 13.7. The molecule has 12 heteroatoms. The molecule has 138 valence electrons. The number of anilines is 1. The summed E-state index contributed by atoms with van der Waals surface area (Å²) in [6.07, 6.45) is -12.1. The minimum absolute atomic E-state index is 0.181. The van der Waals surface area contributed by atoms with E-state index in [0.717, 1.165) is 23.5 Å². The lowest BCUT2D eigenvalue weighted by atomic mass is 9.92. The lowest BCUT2D eigenvalue weighted by molar-refractivity contribution is -0.376. The SMILES string of the molecule is O=S(=O)(Nc1cccc(C(O)(C(F)(F)F)C(F)(F)F)c1)c1cccs1. The number of benzene rings is 1. The van der Waals surface area contributed by atoms with Gasteiger partial charge >= 0.3 is 12.4 Å². The monoisotopic (exact) mass is 405 g/mol. The topological polar surface area (TPSA) is 66.4 Å². The van der Waals surface area contributed by atoms with E-state index in [1.807, 2.05) is 4.72 Å². The fraction of sp³-hybridized carbons (Fsp3) is 0.231. The predicted octanol–water partition coefficient (Wildman–Crippen LogP) is 3.86. The van der Waals surface area contributed by atoms with E-state index < -0.39 is 39.2 Å². The molecule has 0 aliphatic rings. The molecule has 25 heavy (non-hydrogen) atoms.